The second-order valence-electron chi connectivity index (χ2n) is 6.71. The predicted octanol–water partition coefficient (Wildman–Crippen LogP) is 2.67. The molecule has 1 heterocycles. The lowest BCUT2D eigenvalue weighted by molar-refractivity contribution is -0.154. The maximum absolute atomic E-state index is 12.8. The van der Waals surface area contributed by atoms with E-state index in [4.69, 9.17) is 0 Å². The number of carbonyl (C=O) groups excluding carboxylic acids is 2. The van der Waals surface area contributed by atoms with E-state index in [1.54, 1.807) is 30.3 Å². The maximum Gasteiger partial charge on any atom is 0.407 e. The second-order valence-corrected chi connectivity index (χ2v) is 8.72. The first-order valence-corrected chi connectivity index (χ1v) is 10.6. The van der Waals surface area contributed by atoms with Crippen LogP contribution in [0.25, 0.3) is 0 Å². The Kier molecular flexibility index (Phi) is 7.08. The van der Waals surface area contributed by atoms with Gasteiger partial charge in [-0.25, -0.2) is 12.7 Å². The number of likely N-dealkylation sites (tertiary alicyclic amines) is 1. The molecule has 2 rings (SSSR count). The quantitative estimate of drug-likeness (QED) is 0.709. The van der Waals surface area contributed by atoms with Crippen LogP contribution in [0, 0.1) is 5.92 Å². The molecule has 10 heteroatoms. The Morgan fingerprint density at radius 1 is 1.14 bits per heavy atom. The molecule has 1 aliphatic heterocycles. The lowest BCUT2D eigenvalue weighted by atomic mass is 9.95. The van der Waals surface area contributed by atoms with Gasteiger partial charge < -0.3 is 4.90 Å². The van der Waals surface area contributed by atoms with Crippen LogP contribution in [0.5, 0.6) is 0 Å². The highest BCUT2D eigenvalue weighted by Crippen LogP contribution is 2.26. The number of amides is 2. The Morgan fingerprint density at radius 2 is 1.71 bits per heavy atom. The lowest BCUT2D eigenvalue weighted by Gasteiger charge is -2.34. The van der Waals surface area contributed by atoms with E-state index in [0.29, 0.717) is 5.56 Å². The number of nitrogens with zero attached hydrogens (tertiary/aromatic N) is 2. The maximum atomic E-state index is 12.8. The summed E-state index contributed by atoms with van der Waals surface area (Å²) < 4.78 is 62.9. The highest BCUT2D eigenvalue weighted by atomic mass is 32.2. The van der Waals surface area contributed by atoms with Gasteiger partial charge in [-0.1, -0.05) is 25.1 Å². The number of rotatable bonds is 6. The van der Waals surface area contributed by atoms with Crippen LogP contribution >= 0.6 is 0 Å². The van der Waals surface area contributed by atoms with Gasteiger partial charge in [-0.2, -0.15) is 13.2 Å². The van der Waals surface area contributed by atoms with Crippen molar-refractivity contribution in [3.63, 3.8) is 0 Å². The minimum Gasteiger partial charge on any atom is -0.339 e. The van der Waals surface area contributed by atoms with Crippen LogP contribution < -0.4 is 0 Å². The molecular weight excluding hydrogens is 397 g/mol. The van der Waals surface area contributed by atoms with Crippen LogP contribution in [0.4, 0.5) is 13.2 Å². The standard InChI is InChI=1S/C18H23F3N2O4S/c1-2-12-28(26,27)23(13-18(19,20)21)17(25)15-8-10-22(11-9-15)16(24)14-6-4-3-5-7-14/h3-7,15H,2,8-13H2,1H3. The first-order valence-electron chi connectivity index (χ1n) is 9.00. The third-order valence-corrected chi connectivity index (χ3v) is 6.42. The molecule has 0 unspecified atom stereocenters. The van der Waals surface area contributed by atoms with Gasteiger partial charge in [0.25, 0.3) is 5.91 Å². The zero-order chi connectivity index (χ0) is 20.9. The molecule has 6 nitrogen and oxygen atoms in total. The van der Waals surface area contributed by atoms with E-state index in [-0.39, 0.29) is 42.6 Å². The number of alkyl halides is 3. The average Bonchev–Trinajstić information content (AvgIpc) is 2.65. The van der Waals surface area contributed by atoms with Gasteiger partial charge in [0.15, 0.2) is 0 Å². The Hall–Kier alpha value is -2.10. The van der Waals surface area contributed by atoms with E-state index in [9.17, 15) is 31.2 Å². The fourth-order valence-electron chi connectivity index (χ4n) is 3.14. The number of carbonyl (C=O) groups is 2. The molecule has 2 amide bonds. The van der Waals surface area contributed by atoms with Crippen LogP contribution in [-0.4, -0.2) is 61.0 Å². The van der Waals surface area contributed by atoms with E-state index in [2.05, 4.69) is 0 Å². The third-order valence-electron chi connectivity index (χ3n) is 4.52. The molecule has 0 aromatic heterocycles. The van der Waals surface area contributed by atoms with Gasteiger partial charge in [-0.3, -0.25) is 9.59 Å². The minimum atomic E-state index is -4.82. The summed E-state index contributed by atoms with van der Waals surface area (Å²) in [5.41, 5.74) is 0.483. The molecule has 0 N–H and O–H groups in total. The second kappa shape index (κ2) is 8.93. The van der Waals surface area contributed by atoms with Crippen LogP contribution in [-0.2, 0) is 14.8 Å². The number of piperidine rings is 1. The summed E-state index contributed by atoms with van der Waals surface area (Å²) in [7, 11) is -4.34. The molecule has 1 aromatic rings. The number of sulfonamides is 1. The van der Waals surface area contributed by atoms with Crippen LogP contribution in [0.15, 0.2) is 30.3 Å². The summed E-state index contributed by atoms with van der Waals surface area (Å²) in [5.74, 6) is -2.66. The van der Waals surface area contributed by atoms with Gasteiger partial charge in [-0.05, 0) is 31.4 Å². The van der Waals surface area contributed by atoms with Gasteiger partial charge in [0.2, 0.25) is 15.9 Å². The molecule has 0 spiro atoms. The summed E-state index contributed by atoms with van der Waals surface area (Å²) in [4.78, 5) is 26.5. The Bertz CT molecular complexity index is 789. The van der Waals surface area contributed by atoms with Crippen molar-refractivity contribution in [2.45, 2.75) is 32.4 Å². The summed E-state index contributed by atoms with van der Waals surface area (Å²) in [5, 5.41) is 0. The SMILES string of the molecule is CCCS(=O)(=O)N(CC(F)(F)F)C(=O)C1CCN(C(=O)c2ccccc2)CC1. The molecule has 0 radical (unpaired) electrons. The van der Waals surface area contributed by atoms with Crippen molar-refractivity contribution in [2.75, 3.05) is 25.4 Å². The molecule has 1 aromatic carbocycles. The van der Waals surface area contributed by atoms with Crippen LogP contribution in [0.2, 0.25) is 0 Å². The van der Waals surface area contributed by atoms with Crippen molar-refractivity contribution in [1.82, 2.24) is 9.21 Å². The fourth-order valence-corrected chi connectivity index (χ4v) is 4.64. The molecule has 0 saturated carbocycles. The molecule has 1 aliphatic rings. The van der Waals surface area contributed by atoms with Crippen molar-refractivity contribution in [2.24, 2.45) is 5.92 Å². The van der Waals surface area contributed by atoms with Crippen molar-refractivity contribution in [3.8, 4) is 0 Å². The van der Waals surface area contributed by atoms with E-state index in [1.807, 2.05) is 0 Å². The molecule has 0 bridgehead atoms. The van der Waals surface area contributed by atoms with E-state index in [1.165, 1.54) is 11.8 Å². The highest BCUT2D eigenvalue weighted by Gasteiger charge is 2.42. The van der Waals surface area contributed by atoms with Crippen LogP contribution in [0.1, 0.15) is 36.5 Å². The highest BCUT2D eigenvalue weighted by molar-refractivity contribution is 7.89. The lowest BCUT2D eigenvalue weighted by Crippen LogP contribution is -2.49. The number of benzene rings is 1. The van der Waals surface area contributed by atoms with Gasteiger partial charge in [0.1, 0.15) is 6.54 Å². The van der Waals surface area contributed by atoms with E-state index < -0.39 is 40.3 Å². The minimum absolute atomic E-state index is 0.0319. The Balaban J connectivity index is 2.08. The summed E-state index contributed by atoms with van der Waals surface area (Å²) >= 11 is 0. The Morgan fingerprint density at radius 3 is 2.21 bits per heavy atom. The molecule has 1 fully saturated rings. The van der Waals surface area contributed by atoms with Crippen molar-refractivity contribution < 1.29 is 31.2 Å². The number of hydrogen-bond acceptors (Lipinski definition) is 4. The van der Waals surface area contributed by atoms with Crippen molar-refractivity contribution in [3.05, 3.63) is 35.9 Å². The average molecular weight is 420 g/mol. The molecule has 0 atom stereocenters. The number of hydrogen-bond donors (Lipinski definition) is 0. The molecule has 28 heavy (non-hydrogen) atoms. The van der Waals surface area contributed by atoms with E-state index >= 15 is 0 Å². The largest absolute Gasteiger partial charge is 0.407 e. The first-order chi connectivity index (χ1) is 13.0. The van der Waals surface area contributed by atoms with Crippen molar-refractivity contribution in [1.29, 1.82) is 0 Å². The zero-order valence-corrected chi connectivity index (χ0v) is 16.3. The zero-order valence-electron chi connectivity index (χ0n) is 15.5. The normalized spacial score (nSPS) is 16.1. The first kappa shape index (κ1) is 22.2. The molecular formula is C18H23F3N2O4S. The molecule has 156 valence electrons. The molecule has 0 aliphatic carbocycles. The van der Waals surface area contributed by atoms with Crippen molar-refractivity contribution >= 4 is 21.8 Å². The third kappa shape index (κ3) is 5.70. The number of halogens is 3. The predicted molar refractivity (Wildman–Crippen MR) is 96.9 cm³/mol. The van der Waals surface area contributed by atoms with Gasteiger partial charge >= 0.3 is 6.18 Å². The van der Waals surface area contributed by atoms with E-state index in [0.717, 1.165) is 0 Å². The fraction of sp³-hybridized carbons (Fsp3) is 0.556. The topological polar surface area (TPSA) is 74.8 Å². The van der Waals surface area contributed by atoms with Gasteiger partial charge in [0, 0.05) is 24.6 Å². The van der Waals surface area contributed by atoms with Gasteiger partial charge in [-0.15, -0.1) is 0 Å². The Labute approximate surface area is 162 Å². The summed E-state index contributed by atoms with van der Waals surface area (Å²) in [6, 6.07) is 8.52. The monoisotopic (exact) mass is 420 g/mol. The summed E-state index contributed by atoms with van der Waals surface area (Å²) in [6.07, 6.45) is -4.48. The van der Waals surface area contributed by atoms with Crippen LogP contribution in [0.3, 0.4) is 0 Å². The smallest absolute Gasteiger partial charge is 0.339 e. The molecule has 1 saturated heterocycles. The van der Waals surface area contributed by atoms with Gasteiger partial charge in [0.05, 0.1) is 5.75 Å². The summed E-state index contributed by atoms with van der Waals surface area (Å²) in [6.45, 7) is 0.0500.